The maximum atomic E-state index is 6.24. The molecule has 0 radical (unpaired) electrons. The Labute approximate surface area is 247 Å². The monoisotopic (exact) mass is 551 g/mol. The Morgan fingerprint density at radius 2 is 1.23 bits per heavy atom. The van der Waals surface area contributed by atoms with E-state index in [1.165, 1.54) is 32.3 Å². The molecule has 0 spiro atoms. The number of aliphatic imine (C=N–C) groups is 2. The molecule has 202 valence electrons. The summed E-state index contributed by atoms with van der Waals surface area (Å²) in [6, 6.07) is 48.7. The van der Waals surface area contributed by atoms with Crippen LogP contribution in [-0.2, 0) is 0 Å². The van der Waals surface area contributed by atoms with Crippen molar-refractivity contribution < 1.29 is 4.42 Å². The maximum absolute atomic E-state index is 6.24. The third kappa shape index (κ3) is 3.84. The number of furan rings is 1. The van der Waals surface area contributed by atoms with Crippen LogP contribution in [0.25, 0.3) is 54.3 Å². The molecule has 1 unspecified atom stereocenters. The molecule has 4 heteroatoms. The molecule has 8 aromatic rings. The van der Waals surface area contributed by atoms with Gasteiger partial charge in [0.05, 0.1) is 0 Å². The normalized spacial score (nSPS) is 15.2. The molecule has 0 fully saturated rings. The second-order valence-corrected chi connectivity index (χ2v) is 11.0. The third-order valence-corrected chi connectivity index (χ3v) is 8.50. The fourth-order valence-corrected chi connectivity index (χ4v) is 6.48. The minimum atomic E-state index is -0.350. The molecule has 0 aliphatic carbocycles. The van der Waals surface area contributed by atoms with Crippen molar-refractivity contribution in [2.75, 3.05) is 0 Å². The number of amidine groups is 2. The van der Waals surface area contributed by atoms with Crippen LogP contribution >= 0.6 is 0 Å². The molecule has 4 nitrogen and oxygen atoms in total. The zero-order valence-electron chi connectivity index (χ0n) is 23.2. The van der Waals surface area contributed by atoms with Crippen molar-refractivity contribution in [3.05, 3.63) is 156 Å². The summed E-state index contributed by atoms with van der Waals surface area (Å²) < 4.78 is 6.24. The summed E-state index contributed by atoms with van der Waals surface area (Å²) in [5, 5.41) is 13.0. The van der Waals surface area contributed by atoms with Gasteiger partial charge in [-0.15, -0.1) is 0 Å². The molecular weight excluding hydrogens is 526 g/mol. The van der Waals surface area contributed by atoms with Crippen LogP contribution in [0.5, 0.6) is 0 Å². The molecule has 9 rings (SSSR count). The van der Waals surface area contributed by atoms with Crippen LogP contribution in [0.4, 0.5) is 0 Å². The Kier molecular flexibility index (Phi) is 5.23. The highest BCUT2D eigenvalue weighted by Gasteiger charge is 2.25. The minimum absolute atomic E-state index is 0.350. The SMILES string of the molecule is c1ccc2cc(C3=NC(c4cccc5oc6ccccc6c45)=NC(c4cc5ccccc5c5ccccc45)N3)ccc2c1. The Hall–Kier alpha value is -5.74. The molecule has 1 aromatic heterocycles. The highest BCUT2D eigenvalue weighted by atomic mass is 16.3. The molecular formula is C39H25N3O. The van der Waals surface area contributed by atoms with Gasteiger partial charge in [-0.1, -0.05) is 115 Å². The summed E-state index contributed by atoms with van der Waals surface area (Å²) in [6.45, 7) is 0. The second-order valence-electron chi connectivity index (χ2n) is 11.0. The maximum Gasteiger partial charge on any atom is 0.160 e. The van der Waals surface area contributed by atoms with E-state index in [1.54, 1.807) is 0 Å². The van der Waals surface area contributed by atoms with Gasteiger partial charge in [-0.3, -0.25) is 0 Å². The average molecular weight is 552 g/mol. The Bertz CT molecular complexity index is 2450. The Balaban J connectivity index is 1.31. The van der Waals surface area contributed by atoms with Gasteiger partial charge in [0.25, 0.3) is 0 Å². The molecule has 0 amide bonds. The predicted octanol–water partition coefficient (Wildman–Crippen LogP) is 9.54. The lowest BCUT2D eigenvalue weighted by Gasteiger charge is -2.25. The van der Waals surface area contributed by atoms with Crippen LogP contribution in [0.2, 0.25) is 0 Å². The molecule has 0 saturated carbocycles. The van der Waals surface area contributed by atoms with Crippen molar-refractivity contribution in [1.29, 1.82) is 0 Å². The van der Waals surface area contributed by atoms with Gasteiger partial charge in [-0.05, 0) is 56.6 Å². The molecule has 1 atom stereocenters. The van der Waals surface area contributed by atoms with Crippen LogP contribution in [0, 0.1) is 0 Å². The first-order valence-electron chi connectivity index (χ1n) is 14.5. The molecule has 1 aliphatic rings. The van der Waals surface area contributed by atoms with Gasteiger partial charge >= 0.3 is 0 Å². The van der Waals surface area contributed by atoms with E-state index in [-0.39, 0.29) is 6.17 Å². The zero-order chi connectivity index (χ0) is 28.3. The first kappa shape index (κ1) is 23.9. The van der Waals surface area contributed by atoms with E-state index in [0.717, 1.165) is 44.5 Å². The largest absolute Gasteiger partial charge is 0.456 e. The van der Waals surface area contributed by atoms with Gasteiger partial charge in [0.2, 0.25) is 0 Å². The number of rotatable bonds is 3. The van der Waals surface area contributed by atoms with Gasteiger partial charge in [0.1, 0.15) is 23.2 Å². The number of nitrogens with zero attached hydrogens (tertiary/aromatic N) is 2. The average Bonchev–Trinajstić information content (AvgIpc) is 3.46. The van der Waals surface area contributed by atoms with Crippen LogP contribution in [-0.4, -0.2) is 11.7 Å². The first-order chi connectivity index (χ1) is 21.3. The summed E-state index contributed by atoms with van der Waals surface area (Å²) >= 11 is 0. The number of hydrogen-bond donors (Lipinski definition) is 1. The third-order valence-electron chi connectivity index (χ3n) is 8.50. The smallest absolute Gasteiger partial charge is 0.160 e. The molecule has 1 aliphatic heterocycles. The van der Waals surface area contributed by atoms with Crippen molar-refractivity contribution in [3.63, 3.8) is 0 Å². The fourth-order valence-electron chi connectivity index (χ4n) is 6.48. The quantitative estimate of drug-likeness (QED) is 0.222. The van der Waals surface area contributed by atoms with Gasteiger partial charge < -0.3 is 9.73 Å². The van der Waals surface area contributed by atoms with Gasteiger partial charge in [-0.25, -0.2) is 9.98 Å². The van der Waals surface area contributed by atoms with E-state index < -0.39 is 0 Å². The van der Waals surface area contributed by atoms with Crippen LogP contribution < -0.4 is 5.32 Å². The number of para-hydroxylation sites is 1. The number of nitrogens with one attached hydrogen (secondary N) is 1. The van der Waals surface area contributed by atoms with E-state index in [0.29, 0.717) is 5.84 Å². The van der Waals surface area contributed by atoms with Crippen molar-refractivity contribution in [2.24, 2.45) is 9.98 Å². The predicted molar refractivity (Wildman–Crippen MR) is 178 cm³/mol. The topological polar surface area (TPSA) is 49.9 Å². The van der Waals surface area contributed by atoms with Crippen molar-refractivity contribution in [3.8, 4) is 0 Å². The summed E-state index contributed by atoms with van der Waals surface area (Å²) in [6.07, 6.45) is -0.350. The lowest BCUT2D eigenvalue weighted by Crippen LogP contribution is -2.33. The van der Waals surface area contributed by atoms with Crippen LogP contribution in [0.3, 0.4) is 0 Å². The van der Waals surface area contributed by atoms with Crippen molar-refractivity contribution in [1.82, 2.24) is 5.32 Å². The van der Waals surface area contributed by atoms with Gasteiger partial charge in [0.15, 0.2) is 5.84 Å². The van der Waals surface area contributed by atoms with E-state index in [4.69, 9.17) is 14.4 Å². The Morgan fingerprint density at radius 3 is 2.12 bits per heavy atom. The van der Waals surface area contributed by atoms with Crippen LogP contribution in [0.15, 0.2) is 154 Å². The highest BCUT2D eigenvalue weighted by molar-refractivity contribution is 6.22. The molecule has 43 heavy (non-hydrogen) atoms. The molecule has 1 N–H and O–H groups in total. The summed E-state index contributed by atoms with van der Waals surface area (Å²) in [5.41, 5.74) is 4.78. The minimum Gasteiger partial charge on any atom is -0.456 e. The van der Waals surface area contributed by atoms with Gasteiger partial charge in [0, 0.05) is 27.5 Å². The lowest BCUT2D eigenvalue weighted by molar-refractivity contribution is 0.668. The highest BCUT2D eigenvalue weighted by Crippen LogP contribution is 2.36. The number of benzene rings is 7. The summed E-state index contributed by atoms with van der Waals surface area (Å²) in [4.78, 5) is 10.5. The van der Waals surface area contributed by atoms with E-state index in [2.05, 4.69) is 115 Å². The number of fused-ring (bicyclic) bond motifs is 7. The molecule has 0 bridgehead atoms. The summed E-state index contributed by atoms with van der Waals surface area (Å²) in [5.74, 6) is 1.48. The van der Waals surface area contributed by atoms with Crippen molar-refractivity contribution >= 4 is 65.9 Å². The molecule has 2 heterocycles. The fraction of sp³-hybridized carbons (Fsp3) is 0.0256. The van der Waals surface area contributed by atoms with E-state index >= 15 is 0 Å². The lowest BCUT2D eigenvalue weighted by atomic mass is 9.95. The van der Waals surface area contributed by atoms with Crippen LogP contribution in [0.1, 0.15) is 22.9 Å². The van der Waals surface area contributed by atoms with E-state index in [1.807, 2.05) is 30.3 Å². The Morgan fingerprint density at radius 1 is 0.535 bits per heavy atom. The zero-order valence-corrected chi connectivity index (χ0v) is 23.2. The first-order valence-corrected chi connectivity index (χ1v) is 14.5. The second kappa shape index (κ2) is 9.40. The summed E-state index contributed by atoms with van der Waals surface area (Å²) in [7, 11) is 0. The molecule has 7 aromatic carbocycles. The number of hydrogen-bond acceptors (Lipinski definition) is 4. The van der Waals surface area contributed by atoms with Gasteiger partial charge in [-0.2, -0.15) is 0 Å². The van der Waals surface area contributed by atoms with E-state index in [9.17, 15) is 0 Å². The molecule has 0 saturated heterocycles. The van der Waals surface area contributed by atoms with Crippen molar-refractivity contribution in [2.45, 2.75) is 6.17 Å². The standard InChI is InChI=1S/C39H25N3O/c1-2-11-25-22-27(21-20-24(25)10-1)37-40-38(32-17-9-19-35-36(32)31-16-7-8-18-34(31)43-35)42-39(41-37)33-23-26-12-3-4-13-28(26)29-14-5-6-15-30(29)33/h1-23,39H,(H,40,41,42).